The molecular formula is C20H20N2O2S. The van der Waals surface area contributed by atoms with E-state index in [2.05, 4.69) is 16.4 Å². The Morgan fingerprint density at radius 3 is 2.76 bits per heavy atom. The first-order valence-corrected chi connectivity index (χ1v) is 8.99. The third kappa shape index (κ3) is 4.45. The smallest absolute Gasteiger partial charge is 0.257 e. The van der Waals surface area contributed by atoms with Crippen molar-refractivity contribution in [3.63, 3.8) is 0 Å². The van der Waals surface area contributed by atoms with Crippen LogP contribution in [-0.2, 0) is 13.0 Å². The maximum Gasteiger partial charge on any atom is 0.257 e. The fraction of sp³-hybridized carbons (Fsp3) is 0.200. The van der Waals surface area contributed by atoms with Crippen molar-refractivity contribution >= 4 is 17.2 Å². The lowest BCUT2D eigenvalue weighted by molar-refractivity contribution is 0.0742. The molecule has 0 unspecified atom stereocenters. The normalized spacial score (nSPS) is 10.4. The van der Waals surface area contributed by atoms with Gasteiger partial charge in [0.25, 0.3) is 5.91 Å². The largest absolute Gasteiger partial charge is 0.496 e. The van der Waals surface area contributed by atoms with E-state index in [1.165, 1.54) is 4.88 Å². The van der Waals surface area contributed by atoms with Gasteiger partial charge >= 0.3 is 0 Å². The number of ether oxygens (including phenoxy) is 1. The predicted octanol–water partition coefficient (Wildman–Crippen LogP) is 4.04. The molecule has 25 heavy (non-hydrogen) atoms. The summed E-state index contributed by atoms with van der Waals surface area (Å²) in [5.74, 6) is 0.567. The lowest BCUT2D eigenvalue weighted by atomic mass is 10.1. The monoisotopic (exact) mass is 352 g/mol. The number of hydrogen-bond acceptors (Lipinski definition) is 4. The van der Waals surface area contributed by atoms with Gasteiger partial charge in [0.05, 0.1) is 12.7 Å². The molecule has 0 aliphatic carbocycles. The molecule has 0 N–H and O–H groups in total. The van der Waals surface area contributed by atoms with Gasteiger partial charge in [-0.05, 0) is 41.6 Å². The van der Waals surface area contributed by atoms with Gasteiger partial charge in [0.1, 0.15) is 5.75 Å². The molecule has 0 aliphatic rings. The number of benzene rings is 1. The number of nitrogens with zero attached hydrogens (tertiary/aromatic N) is 2. The molecule has 3 rings (SSSR count). The second-order valence-electron chi connectivity index (χ2n) is 5.62. The lowest BCUT2D eigenvalue weighted by Gasteiger charge is -2.23. The van der Waals surface area contributed by atoms with Crippen LogP contribution in [0.15, 0.2) is 66.3 Å². The molecule has 0 aliphatic heterocycles. The highest BCUT2D eigenvalue weighted by Crippen LogP contribution is 2.21. The van der Waals surface area contributed by atoms with Crippen LogP contribution in [0.2, 0.25) is 0 Å². The van der Waals surface area contributed by atoms with Gasteiger partial charge in [-0.25, -0.2) is 0 Å². The molecule has 0 saturated heterocycles. The number of rotatable bonds is 7. The summed E-state index contributed by atoms with van der Waals surface area (Å²) < 4.78 is 5.36. The molecule has 128 valence electrons. The van der Waals surface area contributed by atoms with Gasteiger partial charge < -0.3 is 9.64 Å². The van der Waals surface area contributed by atoms with Crippen molar-refractivity contribution in [1.29, 1.82) is 0 Å². The zero-order valence-electron chi connectivity index (χ0n) is 14.1. The number of carbonyl (C=O) groups is 1. The van der Waals surface area contributed by atoms with E-state index < -0.39 is 0 Å². The maximum absolute atomic E-state index is 13.1. The average molecular weight is 352 g/mol. The molecule has 0 saturated carbocycles. The van der Waals surface area contributed by atoms with Gasteiger partial charge in [-0.15, -0.1) is 11.3 Å². The summed E-state index contributed by atoms with van der Waals surface area (Å²) in [5.41, 5.74) is 1.59. The van der Waals surface area contributed by atoms with Crippen molar-refractivity contribution in [3.8, 4) is 5.75 Å². The molecule has 3 aromatic rings. The third-order valence-corrected chi connectivity index (χ3v) is 4.87. The first-order chi connectivity index (χ1) is 12.3. The van der Waals surface area contributed by atoms with Crippen LogP contribution in [0, 0.1) is 0 Å². The fourth-order valence-corrected chi connectivity index (χ4v) is 3.35. The molecule has 0 bridgehead atoms. The van der Waals surface area contributed by atoms with Gasteiger partial charge in [-0.1, -0.05) is 24.3 Å². The van der Waals surface area contributed by atoms with E-state index in [1.807, 2.05) is 47.4 Å². The summed E-state index contributed by atoms with van der Waals surface area (Å²) in [5, 5.41) is 2.06. The van der Waals surface area contributed by atoms with Crippen LogP contribution >= 0.6 is 11.3 Å². The Morgan fingerprint density at radius 1 is 1.16 bits per heavy atom. The van der Waals surface area contributed by atoms with E-state index >= 15 is 0 Å². The van der Waals surface area contributed by atoms with Crippen molar-refractivity contribution in [2.24, 2.45) is 0 Å². The average Bonchev–Trinajstić information content (AvgIpc) is 3.19. The first-order valence-electron chi connectivity index (χ1n) is 8.11. The van der Waals surface area contributed by atoms with Gasteiger partial charge in [0, 0.05) is 30.4 Å². The second-order valence-corrected chi connectivity index (χ2v) is 6.65. The van der Waals surface area contributed by atoms with Crippen molar-refractivity contribution < 1.29 is 9.53 Å². The van der Waals surface area contributed by atoms with E-state index in [9.17, 15) is 4.79 Å². The van der Waals surface area contributed by atoms with Crippen molar-refractivity contribution in [1.82, 2.24) is 9.88 Å². The summed E-state index contributed by atoms with van der Waals surface area (Å²) in [6.45, 7) is 1.17. The quantitative estimate of drug-likeness (QED) is 0.644. The lowest BCUT2D eigenvalue weighted by Crippen LogP contribution is -2.32. The van der Waals surface area contributed by atoms with E-state index in [0.717, 1.165) is 12.0 Å². The number of methoxy groups -OCH3 is 1. The Labute approximate surface area is 151 Å². The van der Waals surface area contributed by atoms with E-state index in [1.54, 1.807) is 30.8 Å². The molecular weight excluding hydrogens is 332 g/mol. The van der Waals surface area contributed by atoms with Crippen molar-refractivity contribution in [2.75, 3.05) is 13.7 Å². The molecule has 0 spiro atoms. The van der Waals surface area contributed by atoms with Crippen LogP contribution in [0.1, 0.15) is 20.8 Å². The second kappa shape index (κ2) is 8.44. The van der Waals surface area contributed by atoms with E-state index in [4.69, 9.17) is 4.74 Å². The molecule has 0 fully saturated rings. The van der Waals surface area contributed by atoms with Crippen LogP contribution in [0.25, 0.3) is 0 Å². The summed E-state index contributed by atoms with van der Waals surface area (Å²) in [4.78, 5) is 20.4. The molecule has 1 amide bonds. The van der Waals surface area contributed by atoms with Crippen LogP contribution in [-0.4, -0.2) is 29.4 Å². The van der Waals surface area contributed by atoms with Crippen LogP contribution < -0.4 is 4.74 Å². The topological polar surface area (TPSA) is 42.4 Å². The number of amides is 1. The molecule has 4 nitrogen and oxygen atoms in total. The van der Waals surface area contributed by atoms with Gasteiger partial charge in [0.2, 0.25) is 0 Å². The molecule has 0 atom stereocenters. The molecule has 0 radical (unpaired) electrons. The van der Waals surface area contributed by atoms with E-state index in [-0.39, 0.29) is 5.91 Å². The zero-order valence-corrected chi connectivity index (χ0v) is 14.9. The fourth-order valence-electron chi connectivity index (χ4n) is 2.66. The Morgan fingerprint density at radius 2 is 2.04 bits per heavy atom. The Kier molecular flexibility index (Phi) is 5.80. The highest BCUT2D eigenvalue weighted by Gasteiger charge is 2.19. The minimum absolute atomic E-state index is 0.0298. The molecule has 5 heteroatoms. The number of hydrogen-bond donors (Lipinski definition) is 0. The van der Waals surface area contributed by atoms with Crippen molar-refractivity contribution in [2.45, 2.75) is 13.0 Å². The molecule has 2 aromatic heterocycles. The Bertz CT molecular complexity index is 804. The van der Waals surface area contributed by atoms with Crippen LogP contribution in [0.3, 0.4) is 0 Å². The standard InChI is InChI=1S/C20H20N2O2S/c1-24-19-9-3-2-8-18(19)20(23)22(12-10-17-7-5-13-25-17)15-16-6-4-11-21-14-16/h2-9,11,13-14H,10,12,15H2,1H3. The first kappa shape index (κ1) is 17.2. The summed E-state index contributed by atoms with van der Waals surface area (Å²) in [6.07, 6.45) is 4.37. The third-order valence-electron chi connectivity index (χ3n) is 3.93. The summed E-state index contributed by atoms with van der Waals surface area (Å²) >= 11 is 1.71. The Balaban J connectivity index is 1.82. The highest BCUT2D eigenvalue weighted by atomic mass is 32.1. The number of pyridine rings is 1. The van der Waals surface area contributed by atoms with E-state index in [0.29, 0.717) is 24.4 Å². The molecule has 2 heterocycles. The highest BCUT2D eigenvalue weighted by molar-refractivity contribution is 7.09. The zero-order chi connectivity index (χ0) is 17.5. The summed E-state index contributed by atoms with van der Waals surface area (Å²) in [7, 11) is 1.59. The van der Waals surface area contributed by atoms with Gasteiger partial charge in [-0.3, -0.25) is 9.78 Å². The number of para-hydroxylation sites is 1. The number of thiophene rings is 1. The maximum atomic E-state index is 13.1. The number of aromatic nitrogens is 1. The molecule has 1 aromatic carbocycles. The van der Waals surface area contributed by atoms with Crippen molar-refractivity contribution in [3.05, 3.63) is 82.3 Å². The predicted molar refractivity (Wildman–Crippen MR) is 100.0 cm³/mol. The van der Waals surface area contributed by atoms with Crippen LogP contribution in [0.5, 0.6) is 5.75 Å². The Hall–Kier alpha value is -2.66. The number of carbonyl (C=O) groups excluding carboxylic acids is 1. The SMILES string of the molecule is COc1ccccc1C(=O)N(CCc1cccs1)Cc1cccnc1. The summed E-state index contributed by atoms with van der Waals surface area (Å²) in [6, 6.07) is 15.4. The van der Waals surface area contributed by atoms with Gasteiger partial charge in [-0.2, -0.15) is 0 Å². The minimum Gasteiger partial charge on any atom is -0.496 e. The minimum atomic E-state index is -0.0298. The van der Waals surface area contributed by atoms with Crippen LogP contribution in [0.4, 0.5) is 0 Å². The van der Waals surface area contributed by atoms with Gasteiger partial charge in [0.15, 0.2) is 0 Å².